The van der Waals surface area contributed by atoms with Gasteiger partial charge >= 0.3 is 0 Å². The van der Waals surface area contributed by atoms with E-state index in [0.717, 1.165) is 35.3 Å². The largest absolute Gasteiger partial charge is 0.390 e. The van der Waals surface area contributed by atoms with Gasteiger partial charge in [0.15, 0.2) is 11.0 Å². The van der Waals surface area contributed by atoms with Crippen LogP contribution in [0, 0.1) is 6.92 Å². The number of aliphatic hydroxyl groups is 1. The summed E-state index contributed by atoms with van der Waals surface area (Å²) in [5.41, 5.74) is 1.68. The number of rotatable bonds is 6. The third-order valence-corrected chi connectivity index (χ3v) is 4.22. The van der Waals surface area contributed by atoms with Crippen LogP contribution < -0.4 is 0 Å². The molecule has 0 aliphatic heterocycles. The predicted octanol–water partition coefficient (Wildman–Crippen LogP) is 3.53. The molecule has 0 amide bonds. The number of hydrogen-bond donors (Lipinski definition) is 1. The van der Waals surface area contributed by atoms with Gasteiger partial charge in [-0.3, -0.25) is 0 Å². The molecule has 1 aromatic heterocycles. The Bertz CT molecular complexity index is 602. The second-order valence-corrected chi connectivity index (χ2v) is 6.89. The van der Waals surface area contributed by atoms with Gasteiger partial charge in [-0.15, -0.1) is 10.2 Å². The molecule has 0 spiro atoms. The van der Waals surface area contributed by atoms with Crippen molar-refractivity contribution in [3.63, 3.8) is 0 Å². The molecule has 0 unspecified atom stereocenters. The number of aromatic nitrogens is 3. The van der Waals surface area contributed by atoms with E-state index in [-0.39, 0.29) is 0 Å². The number of nitrogens with zero attached hydrogens (tertiary/aromatic N) is 3. The van der Waals surface area contributed by atoms with Crippen LogP contribution in [-0.4, -0.2) is 31.2 Å². The van der Waals surface area contributed by atoms with Crippen LogP contribution in [-0.2, 0) is 6.54 Å². The van der Waals surface area contributed by atoms with Crippen LogP contribution in [0.5, 0.6) is 0 Å². The summed E-state index contributed by atoms with van der Waals surface area (Å²) < 4.78 is 2.13. The Morgan fingerprint density at radius 2 is 2.05 bits per heavy atom. The lowest BCUT2D eigenvalue weighted by molar-refractivity contribution is 0.0777. The summed E-state index contributed by atoms with van der Waals surface area (Å²) in [5.74, 6) is 1.74. The van der Waals surface area contributed by atoms with Gasteiger partial charge in [-0.1, -0.05) is 35.5 Å². The van der Waals surface area contributed by atoms with Crippen LogP contribution in [0.15, 0.2) is 29.4 Å². The Morgan fingerprint density at radius 1 is 1.29 bits per heavy atom. The first-order valence-electron chi connectivity index (χ1n) is 7.26. The molecular weight excluding hydrogens is 282 g/mol. The van der Waals surface area contributed by atoms with Crippen LogP contribution in [0.4, 0.5) is 0 Å². The average molecular weight is 305 g/mol. The maximum atomic E-state index is 9.78. The number of thioether (sulfide) groups is 1. The number of benzene rings is 1. The highest BCUT2D eigenvalue weighted by Gasteiger charge is 2.16. The monoisotopic (exact) mass is 305 g/mol. The van der Waals surface area contributed by atoms with E-state index in [4.69, 9.17) is 0 Å². The molecule has 0 fully saturated rings. The first-order valence-corrected chi connectivity index (χ1v) is 8.24. The molecular formula is C16H23N3OS. The number of aryl methyl sites for hydroxylation is 1. The summed E-state index contributed by atoms with van der Waals surface area (Å²) in [7, 11) is 0. The molecule has 1 N–H and O–H groups in total. The maximum absolute atomic E-state index is 9.78. The third-order valence-electron chi connectivity index (χ3n) is 3.25. The molecule has 114 valence electrons. The molecule has 0 saturated carbocycles. The molecule has 0 radical (unpaired) electrons. The van der Waals surface area contributed by atoms with Crippen molar-refractivity contribution in [3.05, 3.63) is 29.8 Å². The third kappa shape index (κ3) is 4.32. The Balaban J connectivity index is 2.18. The zero-order chi connectivity index (χ0) is 15.5. The SMILES string of the molecule is CCn1c(SCCC(C)(C)O)nnc1-c1cccc(C)c1. The van der Waals surface area contributed by atoms with E-state index in [0.29, 0.717) is 0 Å². The molecule has 1 aromatic carbocycles. The minimum atomic E-state index is -0.635. The highest BCUT2D eigenvalue weighted by molar-refractivity contribution is 7.99. The van der Waals surface area contributed by atoms with Crippen LogP contribution in [0.3, 0.4) is 0 Å². The van der Waals surface area contributed by atoms with Crippen molar-refractivity contribution in [2.75, 3.05) is 5.75 Å². The van der Waals surface area contributed by atoms with Crippen molar-refractivity contribution < 1.29 is 5.11 Å². The van der Waals surface area contributed by atoms with E-state index < -0.39 is 5.60 Å². The average Bonchev–Trinajstić information content (AvgIpc) is 2.80. The second-order valence-electron chi connectivity index (χ2n) is 5.83. The fourth-order valence-corrected chi connectivity index (χ4v) is 3.32. The standard InChI is InChI=1S/C16H23N3OS/c1-5-19-14(13-8-6-7-12(2)11-13)17-18-15(19)21-10-9-16(3,4)20/h6-8,11,20H,5,9-10H2,1-4H3. The van der Waals surface area contributed by atoms with Gasteiger partial charge in [0.05, 0.1) is 5.60 Å². The van der Waals surface area contributed by atoms with E-state index in [1.165, 1.54) is 5.56 Å². The van der Waals surface area contributed by atoms with Crippen LogP contribution in [0.2, 0.25) is 0 Å². The van der Waals surface area contributed by atoms with Gasteiger partial charge in [0.1, 0.15) is 0 Å². The molecule has 5 heteroatoms. The molecule has 0 aliphatic carbocycles. The van der Waals surface area contributed by atoms with Crippen molar-refractivity contribution in [1.82, 2.24) is 14.8 Å². The summed E-state index contributed by atoms with van der Waals surface area (Å²) in [6.45, 7) is 8.67. The first-order chi connectivity index (χ1) is 9.90. The van der Waals surface area contributed by atoms with Crippen LogP contribution >= 0.6 is 11.8 Å². The van der Waals surface area contributed by atoms with E-state index in [1.54, 1.807) is 11.8 Å². The molecule has 4 nitrogen and oxygen atoms in total. The van der Waals surface area contributed by atoms with Crippen molar-refractivity contribution in [2.45, 2.75) is 51.4 Å². The number of hydrogen-bond acceptors (Lipinski definition) is 4. The van der Waals surface area contributed by atoms with E-state index in [2.05, 4.69) is 46.8 Å². The first kappa shape index (κ1) is 16.0. The van der Waals surface area contributed by atoms with Crippen molar-refractivity contribution in [1.29, 1.82) is 0 Å². The lowest BCUT2D eigenvalue weighted by atomic mass is 10.1. The molecule has 21 heavy (non-hydrogen) atoms. The fourth-order valence-electron chi connectivity index (χ4n) is 2.07. The summed E-state index contributed by atoms with van der Waals surface area (Å²) in [5, 5.41) is 19.3. The maximum Gasteiger partial charge on any atom is 0.191 e. The van der Waals surface area contributed by atoms with Crippen molar-refractivity contribution >= 4 is 11.8 Å². The zero-order valence-corrected chi connectivity index (χ0v) is 13.9. The van der Waals surface area contributed by atoms with Gasteiger partial charge < -0.3 is 9.67 Å². The van der Waals surface area contributed by atoms with E-state index in [1.807, 2.05) is 19.9 Å². The van der Waals surface area contributed by atoms with Crippen molar-refractivity contribution in [3.8, 4) is 11.4 Å². The van der Waals surface area contributed by atoms with Crippen LogP contribution in [0.25, 0.3) is 11.4 Å². The van der Waals surface area contributed by atoms with Gasteiger partial charge in [-0.05, 0) is 40.2 Å². The Kier molecular flexibility index (Phi) is 5.06. The summed E-state index contributed by atoms with van der Waals surface area (Å²) in [4.78, 5) is 0. The molecule has 0 bridgehead atoms. The van der Waals surface area contributed by atoms with Gasteiger partial charge in [-0.25, -0.2) is 0 Å². The summed E-state index contributed by atoms with van der Waals surface area (Å²) >= 11 is 1.65. The normalized spacial score (nSPS) is 11.9. The quantitative estimate of drug-likeness (QED) is 0.830. The zero-order valence-electron chi connectivity index (χ0n) is 13.1. The summed E-state index contributed by atoms with van der Waals surface area (Å²) in [6.07, 6.45) is 0.730. The second kappa shape index (κ2) is 6.62. The Morgan fingerprint density at radius 3 is 2.67 bits per heavy atom. The lowest BCUT2D eigenvalue weighted by Crippen LogP contribution is -2.19. The molecule has 0 saturated heterocycles. The minimum absolute atomic E-state index is 0.635. The Labute approximate surface area is 130 Å². The van der Waals surface area contributed by atoms with E-state index >= 15 is 0 Å². The van der Waals surface area contributed by atoms with Gasteiger partial charge in [0.2, 0.25) is 0 Å². The van der Waals surface area contributed by atoms with Gasteiger partial charge in [0, 0.05) is 17.9 Å². The van der Waals surface area contributed by atoms with E-state index in [9.17, 15) is 5.11 Å². The molecule has 0 aliphatic rings. The molecule has 1 heterocycles. The minimum Gasteiger partial charge on any atom is -0.390 e. The topological polar surface area (TPSA) is 50.9 Å². The van der Waals surface area contributed by atoms with Gasteiger partial charge in [-0.2, -0.15) is 0 Å². The lowest BCUT2D eigenvalue weighted by Gasteiger charge is -2.16. The predicted molar refractivity (Wildman–Crippen MR) is 87.5 cm³/mol. The molecule has 2 aromatic rings. The summed E-state index contributed by atoms with van der Waals surface area (Å²) in [6, 6.07) is 8.31. The van der Waals surface area contributed by atoms with Crippen molar-refractivity contribution in [2.24, 2.45) is 0 Å². The highest BCUT2D eigenvalue weighted by atomic mass is 32.2. The molecule has 0 atom stereocenters. The highest BCUT2D eigenvalue weighted by Crippen LogP contribution is 2.26. The van der Waals surface area contributed by atoms with Crippen LogP contribution in [0.1, 0.15) is 32.8 Å². The van der Waals surface area contributed by atoms with Gasteiger partial charge in [0.25, 0.3) is 0 Å². The smallest absolute Gasteiger partial charge is 0.191 e. The Hall–Kier alpha value is -1.33. The molecule has 2 rings (SSSR count). The fraction of sp³-hybridized carbons (Fsp3) is 0.500.